The lowest BCUT2D eigenvalue weighted by molar-refractivity contribution is 0.302. The summed E-state index contributed by atoms with van der Waals surface area (Å²) in [6.07, 6.45) is 7.85. The Labute approximate surface area is 145 Å². The van der Waals surface area contributed by atoms with Crippen molar-refractivity contribution in [3.63, 3.8) is 0 Å². The number of unbranched alkanes of at least 4 members (excludes halogenated alkanes) is 2. The van der Waals surface area contributed by atoms with E-state index in [0.29, 0.717) is 24.7 Å². The van der Waals surface area contributed by atoms with Gasteiger partial charge in [-0.3, -0.25) is 0 Å². The van der Waals surface area contributed by atoms with Gasteiger partial charge in [-0.05, 0) is 32.1 Å². The number of piperidine rings is 1. The van der Waals surface area contributed by atoms with Crippen LogP contribution < -0.4 is 14.4 Å². The Kier molecular flexibility index (Phi) is 7.67. The molecule has 1 aromatic carbocycles. The number of nitrogens with zero attached hydrogens (tertiary/aromatic N) is 3. The van der Waals surface area contributed by atoms with Crippen LogP contribution >= 0.6 is 0 Å². The first-order valence-corrected chi connectivity index (χ1v) is 9.33. The molecule has 1 saturated heterocycles. The van der Waals surface area contributed by atoms with Gasteiger partial charge in [0.1, 0.15) is 0 Å². The minimum absolute atomic E-state index is 0.443. The Balaban J connectivity index is 2.26. The van der Waals surface area contributed by atoms with Crippen molar-refractivity contribution in [1.82, 2.24) is 0 Å². The summed E-state index contributed by atoms with van der Waals surface area (Å²) in [7, 11) is 0. The van der Waals surface area contributed by atoms with Gasteiger partial charge in [0, 0.05) is 19.2 Å². The third kappa shape index (κ3) is 5.02. The highest BCUT2D eigenvalue weighted by Crippen LogP contribution is 2.41. The number of hydrogen-bond acceptors (Lipinski definition) is 4. The SMILES string of the molecule is CCCCOc1cc(N2CCCCC2)c(OCCCC)cc1[N+]#N. The summed E-state index contributed by atoms with van der Waals surface area (Å²) in [6.45, 7) is 7.66. The first-order chi connectivity index (χ1) is 11.8. The molecule has 0 radical (unpaired) electrons. The Morgan fingerprint density at radius 2 is 1.58 bits per heavy atom. The number of diazo groups is 1. The zero-order valence-electron chi connectivity index (χ0n) is 15.1. The van der Waals surface area contributed by atoms with E-state index in [-0.39, 0.29) is 0 Å². The predicted octanol–water partition coefficient (Wildman–Crippen LogP) is 5.52. The van der Waals surface area contributed by atoms with Crippen molar-refractivity contribution in [2.45, 2.75) is 58.8 Å². The van der Waals surface area contributed by atoms with Crippen molar-refractivity contribution in [2.75, 3.05) is 31.2 Å². The van der Waals surface area contributed by atoms with Gasteiger partial charge < -0.3 is 14.4 Å². The minimum atomic E-state index is 0.443. The van der Waals surface area contributed by atoms with Crippen molar-refractivity contribution >= 4 is 11.4 Å². The number of anilines is 1. The smallest absolute Gasteiger partial charge is 0.430 e. The molecule has 2 rings (SSSR count). The monoisotopic (exact) mass is 332 g/mol. The van der Waals surface area contributed by atoms with Crippen molar-refractivity contribution in [2.24, 2.45) is 0 Å². The lowest BCUT2D eigenvalue weighted by atomic mass is 10.1. The lowest BCUT2D eigenvalue weighted by Gasteiger charge is -2.30. The Hall–Kier alpha value is -1.96. The van der Waals surface area contributed by atoms with Crippen molar-refractivity contribution in [3.8, 4) is 11.5 Å². The third-order valence-corrected chi connectivity index (χ3v) is 4.36. The van der Waals surface area contributed by atoms with Crippen LogP contribution in [-0.4, -0.2) is 26.3 Å². The second-order valence-corrected chi connectivity index (χ2v) is 6.34. The van der Waals surface area contributed by atoms with E-state index < -0.39 is 0 Å². The standard InChI is InChI=1S/C19H30N3O2/c1-3-5-12-23-18-15-17(22-10-8-7-9-11-22)19(14-16(18)21-20)24-13-6-4-2/h14-15H,3-13H2,1-2H3/q+1. The van der Waals surface area contributed by atoms with Gasteiger partial charge in [-0.1, -0.05) is 26.7 Å². The quantitative estimate of drug-likeness (QED) is 0.441. The molecule has 1 fully saturated rings. The summed E-state index contributed by atoms with van der Waals surface area (Å²) < 4.78 is 11.8. The molecular formula is C19H30N3O2+. The summed E-state index contributed by atoms with van der Waals surface area (Å²) in [5, 5.41) is 9.35. The largest absolute Gasteiger partial charge is 0.491 e. The number of hydrogen-bond donors (Lipinski definition) is 0. The highest BCUT2D eigenvalue weighted by molar-refractivity contribution is 5.72. The van der Waals surface area contributed by atoms with Crippen LogP contribution in [0.3, 0.4) is 0 Å². The van der Waals surface area contributed by atoms with Gasteiger partial charge in [0.25, 0.3) is 0 Å². The van der Waals surface area contributed by atoms with E-state index in [0.717, 1.165) is 50.2 Å². The molecular weight excluding hydrogens is 302 g/mol. The summed E-state index contributed by atoms with van der Waals surface area (Å²) in [5.74, 6) is 1.43. The fraction of sp³-hybridized carbons (Fsp3) is 0.684. The molecule has 132 valence electrons. The number of ether oxygens (including phenoxy) is 2. The van der Waals surface area contributed by atoms with E-state index in [2.05, 4.69) is 23.7 Å². The summed E-state index contributed by atoms with van der Waals surface area (Å²) in [4.78, 5) is 5.76. The third-order valence-electron chi connectivity index (χ3n) is 4.36. The van der Waals surface area contributed by atoms with Crippen LogP contribution in [0.5, 0.6) is 11.5 Å². The maximum Gasteiger partial charge on any atom is 0.430 e. The average Bonchev–Trinajstić information content (AvgIpc) is 2.63. The minimum Gasteiger partial charge on any atom is -0.491 e. The van der Waals surface area contributed by atoms with Gasteiger partial charge in [-0.15, -0.1) is 0 Å². The molecule has 0 aliphatic carbocycles. The Morgan fingerprint density at radius 1 is 0.958 bits per heavy atom. The molecule has 0 bridgehead atoms. The topological polar surface area (TPSA) is 49.9 Å². The van der Waals surface area contributed by atoms with Crippen molar-refractivity contribution < 1.29 is 9.47 Å². The molecule has 1 aliphatic heterocycles. The fourth-order valence-electron chi connectivity index (χ4n) is 2.88. The average molecular weight is 332 g/mol. The van der Waals surface area contributed by atoms with Crippen LogP contribution in [0, 0.1) is 5.39 Å². The van der Waals surface area contributed by atoms with Gasteiger partial charge >= 0.3 is 5.69 Å². The van der Waals surface area contributed by atoms with E-state index >= 15 is 0 Å². The Morgan fingerprint density at radius 3 is 2.17 bits per heavy atom. The maximum atomic E-state index is 9.35. The van der Waals surface area contributed by atoms with E-state index in [1.165, 1.54) is 19.3 Å². The van der Waals surface area contributed by atoms with Gasteiger partial charge in [0.15, 0.2) is 10.7 Å². The molecule has 0 unspecified atom stereocenters. The zero-order chi connectivity index (χ0) is 17.2. The van der Waals surface area contributed by atoms with Crippen molar-refractivity contribution in [1.29, 1.82) is 5.39 Å². The van der Waals surface area contributed by atoms with Crippen LogP contribution in [0.25, 0.3) is 4.98 Å². The molecule has 0 atom stereocenters. The second kappa shape index (κ2) is 10.0. The summed E-state index contributed by atoms with van der Waals surface area (Å²) >= 11 is 0. The number of rotatable bonds is 9. The van der Waals surface area contributed by atoms with Gasteiger partial charge in [0.05, 0.1) is 25.0 Å². The van der Waals surface area contributed by atoms with Gasteiger partial charge in [-0.2, -0.15) is 0 Å². The maximum absolute atomic E-state index is 9.35. The fourth-order valence-corrected chi connectivity index (χ4v) is 2.88. The van der Waals surface area contributed by atoms with Gasteiger partial charge in [0.2, 0.25) is 11.1 Å². The first-order valence-electron chi connectivity index (χ1n) is 9.33. The molecule has 1 aromatic rings. The molecule has 0 N–H and O–H groups in total. The lowest BCUT2D eigenvalue weighted by Crippen LogP contribution is -2.29. The molecule has 5 heteroatoms. The molecule has 1 heterocycles. The van der Waals surface area contributed by atoms with Crippen LogP contribution in [0.4, 0.5) is 11.4 Å². The molecule has 0 amide bonds. The number of benzene rings is 1. The summed E-state index contributed by atoms with van der Waals surface area (Å²) in [5.41, 5.74) is 1.50. The highest BCUT2D eigenvalue weighted by atomic mass is 16.5. The van der Waals surface area contributed by atoms with E-state index in [4.69, 9.17) is 9.47 Å². The van der Waals surface area contributed by atoms with E-state index in [1.807, 2.05) is 6.07 Å². The Bertz CT molecular complexity index is 548. The first kappa shape index (κ1) is 18.4. The molecule has 5 nitrogen and oxygen atoms in total. The molecule has 0 aromatic heterocycles. The normalized spacial score (nSPS) is 14.3. The van der Waals surface area contributed by atoms with Crippen molar-refractivity contribution in [3.05, 3.63) is 17.1 Å². The highest BCUT2D eigenvalue weighted by Gasteiger charge is 2.24. The molecule has 0 spiro atoms. The van der Waals surface area contributed by atoms with E-state index in [9.17, 15) is 5.39 Å². The summed E-state index contributed by atoms with van der Waals surface area (Å²) in [6, 6.07) is 3.79. The predicted molar refractivity (Wildman–Crippen MR) is 98.1 cm³/mol. The molecule has 24 heavy (non-hydrogen) atoms. The molecule has 0 saturated carbocycles. The van der Waals surface area contributed by atoms with E-state index in [1.54, 1.807) is 6.07 Å². The van der Waals surface area contributed by atoms with Gasteiger partial charge in [-0.25, -0.2) is 0 Å². The van der Waals surface area contributed by atoms with Crippen LogP contribution in [-0.2, 0) is 0 Å². The molecule has 1 aliphatic rings. The zero-order valence-corrected chi connectivity index (χ0v) is 15.1. The van der Waals surface area contributed by atoms with Crippen LogP contribution in [0.2, 0.25) is 0 Å². The second-order valence-electron chi connectivity index (χ2n) is 6.34. The van der Waals surface area contributed by atoms with Crippen LogP contribution in [0.1, 0.15) is 58.8 Å². The van der Waals surface area contributed by atoms with Crippen LogP contribution in [0.15, 0.2) is 12.1 Å².